The molecule has 5 nitrogen and oxygen atoms in total. The molecule has 0 bridgehead atoms. The van der Waals surface area contributed by atoms with Crippen molar-refractivity contribution in [2.75, 3.05) is 13.6 Å². The molecule has 0 atom stereocenters. The van der Waals surface area contributed by atoms with Gasteiger partial charge in [-0.2, -0.15) is 15.4 Å². The summed E-state index contributed by atoms with van der Waals surface area (Å²) in [5.41, 5.74) is 0.175. The molecule has 0 fully saturated rings. The Morgan fingerprint density at radius 2 is 1.89 bits per heavy atom. The third-order valence-electron chi connectivity index (χ3n) is 3.81. The largest absolute Gasteiger partial charge is 0.355 e. The van der Waals surface area contributed by atoms with Crippen molar-refractivity contribution in [2.45, 2.75) is 13.8 Å². The lowest BCUT2D eigenvalue weighted by Gasteiger charge is -2.35. The molecule has 0 aliphatic carbocycles. The number of allylic oxidation sites excluding steroid dienone is 2. The van der Waals surface area contributed by atoms with Gasteiger partial charge >= 0.3 is 0 Å². The number of hydrogen-bond donors (Lipinski definition) is 0. The maximum atomic E-state index is 14.5. The van der Waals surface area contributed by atoms with Crippen LogP contribution in [0.3, 0.4) is 0 Å². The Morgan fingerprint density at radius 3 is 2.36 bits per heavy atom. The Kier molecular flexibility index (Phi) is 6.31. The van der Waals surface area contributed by atoms with Gasteiger partial charge in [-0.05, 0) is 13.8 Å². The highest BCUT2D eigenvalue weighted by molar-refractivity contribution is 6.76. The number of likely N-dealkylation sites (N-methyl/N-ethyl adjacent to an activating group) is 1. The van der Waals surface area contributed by atoms with Crippen LogP contribution in [0.4, 0.5) is 13.2 Å². The molecular weight excluding hydrogens is 391 g/mol. The second-order valence-corrected chi connectivity index (χ2v) is 6.53. The number of hydrogen-bond acceptors (Lipinski definition) is 5. The first-order valence-corrected chi connectivity index (χ1v) is 8.37. The molecule has 1 aliphatic heterocycles. The van der Waals surface area contributed by atoms with Gasteiger partial charge in [0, 0.05) is 32.4 Å². The summed E-state index contributed by atoms with van der Waals surface area (Å²) >= 11 is 6.28. The van der Waals surface area contributed by atoms with Crippen molar-refractivity contribution in [2.24, 2.45) is 10.1 Å². The van der Waals surface area contributed by atoms with E-state index in [4.69, 9.17) is 11.6 Å². The summed E-state index contributed by atoms with van der Waals surface area (Å²) in [5.74, 6) is -3.21. The van der Waals surface area contributed by atoms with E-state index in [9.17, 15) is 18.4 Å². The lowest BCUT2D eigenvalue weighted by Crippen LogP contribution is -2.35. The van der Waals surface area contributed by atoms with E-state index in [1.165, 1.54) is 6.92 Å². The summed E-state index contributed by atoms with van der Waals surface area (Å²) in [6.07, 6.45) is 0. The summed E-state index contributed by atoms with van der Waals surface area (Å²) in [7, 11) is 1.62. The van der Waals surface area contributed by atoms with Crippen LogP contribution < -0.4 is 0 Å². The highest BCUT2D eigenvalue weighted by Gasteiger charge is 2.34. The normalized spacial score (nSPS) is 15.8. The van der Waals surface area contributed by atoms with Gasteiger partial charge < -0.3 is 4.90 Å². The van der Waals surface area contributed by atoms with Gasteiger partial charge in [0.15, 0.2) is 5.82 Å². The van der Waals surface area contributed by atoms with E-state index in [2.05, 4.69) is 23.4 Å². The van der Waals surface area contributed by atoms with Crippen molar-refractivity contribution in [3.05, 3.63) is 64.5 Å². The number of hydrazone groups is 1. The molecule has 1 aromatic rings. The molecule has 28 heavy (non-hydrogen) atoms. The van der Waals surface area contributed by atoms with E-state index in [1.807, 2.05) is 6.07 Å². The number of rotatable bonds is 5. The number of benzene rings is 1. The topological polar surface area (TPSA) is 55.0 Å². The highest BCUT2D eigenvalue weighted by atomic mass is 35.5. The Hall–Kier alpha value is -3.05. The predicted octanol–water partition coefficient (Wildman–Crippen LogP) is 4.60. The lowest BCUT2D eigenvalue weighted by molar-refractivity contribution is 0.295. The first kappa shape index (κ1) is 21.3. The SMILES string of the molecule is C=NN1C(N(C)CC(=C)C)=C(c2c(F)cc(F)cc2F)C(Cl)=N/C1=C(/C)C#N. The molecule has 1 heterocycles. The van der Waals surface area contributed by atoms with Crippen LogP contribution >= 0.6 is 11.6 Å². The van der Waals surface area contributed by atoms with Gasteiger partial charge in [-0.1, -0.05) is 23.8 Å². The zero-order valence-electron chi connectivity index (χ0n) is 15.5. The number of halogens is 4. The van der Waals surface area contributed by atoms with Crippen LogP contribution in [0.15, 0.2) is 51.6 Å². The zero-order chi connectivity index (χ0) is 21.2. The monoisotopic (exact) mass is 407 g/mol. The zero-order valence-corrected chi connectivity index (χ0v) is 16.3. The summed E-state index contributed by atoms with van der Waals surface area (Å²) < 4.78 is 42.4. The summed E-state index contributed by atoms with van der Waals surface area (Å²) in [4.78, 5) is 5.66. The third-order valence-corrected chi connectivity index (χ3v) is 4.08. The van der Waals surface area contributed by atoms with Crippen LogP contribution in [-0.4, -0.2) is 35.4 Å². The minimum absolute atomic E-state index is 0.0535. The van der Waals surface area contributed by atoms with Crippen LogP contribution in [-0.2, 0) is 0 Å². The minimum Gasteiger partial charge on any atom is -0.355 e. The average molecular weight is 408 g/mol. The molecule has 1 aliphatic rings. The van der Waals surface area contributed by atoms with Crippen molar-refractivity contribution in [1.29, 1.82) is 5.26 Å². The molecule has 0 radical (unpaired) electrons. The summed E-state index contributed by atoms with van der Waals surface area (Å²) in [5, 5.41) is 14.0. The van der Waals surface area contributed by atoms with Crippen molar-refractivity contribution >= 4 is 29.1 Å². The van der Waals surface area contributed by atoms with Gasteiger partial charge in [0.05, 0.1) is 22.8 Å². The second kappa shape index (κ2) is 8.31. The maximum Gasteiger partial charge on any atom is 0.170 e. The van der Waals surface area contributed by atoms with Gasteiger partial charge in [0.25, 0.3) is 0 Å². The second-order valence-electron chi connectivity index (χ2n) is 6.17. The van der Waals surface area contributed by atoms with Gasteiger partial charge in [0.1, 0.15) is 28.4 Å². The minimum atomic E-state index is -1.16. The van der Waals surface area contributed by atoms with Gasteiger partial charge in [-0.3, -0.25) is 0 Å². The van der Waals surface area contributed by atoms with Crippen LogP contribution in [0, 0.1) is 28.8 Å². The summed E-state index contributed by atoms with van der Waals surface area (Å²) in [6.45, 7) is 10.8. The standard InChI is InChI=1S/C19H17ClF3N5/c1-10(2)9-27(5)19-16(15-13(22)6-12(21)7-14(15)23)17(20)26-18(11(3)8-24)28(19)25-4/h6-7H,1,4,9H2,2-3,5H3/b18-11+. The lowest BCUT2D eigenvalue weighted by atomic mass is 10.0. The van der Waals surface area contributed by atoms with Crippen molar-refractivity contribution in [3.8, 4) is 6.07 Å². The highest BCUT2D eigenvalue weighted by Crippen LogP contribution is 2.37. The fourth-order valence-corrected chi connectivity index (χ4v) is 3.01. The molecule has 0 amide bonds. The Labute approximate surface area is 166 Å². The molecule has 0 unspecified atom stereocenters. The molecule has 1 aromatic carbocycles. The predicted molar refractivity (Wildman–Crippen MR) is 104 cm³/mol. The van der Waals surface area contributed by atoms with Crippen LogP contribution in [0.2, 0.25) is 0 Å². The van der Waals surface area contributed by atoms with Crippen LogP contribution in [0.5, 0.6) is 0 Å². The maximum absolute atomic E-state index is 14.5. The smallest absolute Gasteiger partial charge is 0.170 e. The molecular formula is C19H17ClF3N5. The Bertz CT molecular complexity index is 965. The molecule has 2 rings (SSSR count). The van der Waals surface area contributed by atoms with E-state index in [0.717, 1.165) is 10.6 Å². The fourth-order valence-electron chi connectivity index (χ4n) is 2.75. The number of aliphatic imine (C=N–C) groups is 1. The van der Waals surface area contributed by atoms with Crippen molar-refractivity contribution < 1.29 is 13.2 Å². The molecule has 0 N–H and O–H groups in total. The molecule has 9 heteroatoms. The first-order chi connectivity index (χ1) is 13.1. The number of nitriles is 1. The van der Waals surface area contributed by atoms with Gasteiger partial charge in [0.2, 0.25) is 0 Å². The van der Waals surface area contributed by atoms with Gasteiger partial charge in [-0.25, -0.2) is 18.2 Å². The summed E-state index contributed by atoms with van der Waals surface area (Å²) in [6, 6.07) is 3.02. The number of nitrogens with zero attached hydrogens (tertiary/aromatic N) is 5. The van der Waals surface area contributed by atoms with E-state index in [-0.39, 0.29) is 34.5 Å². The Morgan fingerprint density at radius 1 is 1.32 bits per heavy atom. The van der Waals surface area contributed by atoms with Crippen LogP contribution in [0.25, 0.3) is 5.57 Å². The van der Waals surface area contributed by atoms with E-state index < -0.39 is 23.0 Å². The molecule has 0 saturated carbocycles. The van der Waals surface area contributed by atoms with Gasteiger partial charge in [-0.15, -0.1) is 0 Å². The van der Waals surface area contributed by atoms with E-state index >= 15 is 0 Å². The average Bonchev–Trinajstić information content (AvgIpc) is 2.60. The van der Waals surface area contributed by atoms with E-state index in [1.54, 1.807) is 18.9 Å². The molecule has 0 spiro atoms. The van der Waals surface area contributed by atoms with Crippen molar-refractivity contribution in [1.82, 2.24) is 9.91 Å². The van der Waals surface area contributed by atoms with E-state index in [0.29, 0.717) is 12.1 Å². The first-order valence-electron chi connectivity index (χ1n) is 7.99. The van der Waals surface area contributed by atoms with Crippen LogP contribution in [0.1, 0.15) is 19.4 Å². The quantitative estimate of drug-likeness (QED) is 0.407. The molecule has 0 saturated heterocycles. The third kappa shape index (κ3) is 3.94. The fraction of sp³-hybridized carbons (Fsp3) is 0.211. The Balaban J connectivity index is 2.92. The molecule has 146 valence electrons. The van der Waals surface area contributed by atoms with Crippen molar-refractivity contribution in [3.63, 3.8) is 0 Å². The molecule has 0 aromatic heterocycles.